The predicted octanol–water partition coefficient (Wildman–Crippen LogP) is 1.29. The van der Waals surface area contributed by atoms with Crippen molar-refractivity contribution in [1.82, 2.24) is 10.6 Å². The van der Waals surface area contributed by atoms with Crippen molar-refractivity contribution in [1.29, 1.82) is 0 Å². The van der Waals surface area contributed by atoms with Gasteiger partial charge in [0.1, 0.15) is 0 Å². The summed E-state index contributed by atoms with van der Waals surface area (Å²) in [6.07, 6.45) is 6.30. The average molecular weight is 210 g/mol. The molecule has 0 spiro atoms. The van der Waals surface area contributed by atoms with Crippen LogP contribution in [0.3, 0.4) is 0 Å². The standard InChI is InChI=1S/C12H22N2O/c1-9-3-2-4-10(7-9)8-14-12(15)11-5-6-13-11/h9-11,13H,2-8H2,1H3,(H,14,15)/t9?,10?,11-/m1/s1. The van der Waals surface area contributed by atoms with Crippen molar-refractivity contribution in [3.05, 3.63) is 0 Å². The lowest BCUT2D eigenvalue weighted by atomic mass is 9.82. The third kappa shape index (κ3) is 2.94. The van der Waals surface area contributed by atoms with Crippen LogP contribution in [-0.2, 0) is 4.79 Å². The molecule has 1 amide bonds. The molecule has 0 aromatic rings. The van der Waals surface area contributed by atoms with Gasteiger partial charge in [0.25, 0.3) is 0 Å². The van der Waals surface area contributed by atoms with Gasteiger partial charge in [0, 0.05) is 6.54 Å². The molecule has 0 aromatic carbocycles. The highest BCUT2D eigenvalue weighted by Crippen LogP contribution is 2.27. The zero-order chi connectivity index (χ0) is 10.7. The number of carbonyl (C=O) groups excluding carboxylic acids is 1. The Morgan fingerprint density at radius 2 is 2.20 bits per heavy atom. The van der Waals surface area contributed by atoms with Gasteiger partial charge in [0.05, 0.1) is 6.04 Å². The summed E-state index contributed by atoms with van der Waals surface area (Å²) in [5.41, 5.74) is 0. The van der Waals surface area contributed by atoms with Crippen LogP contribution in [0.2, 0.25) is 0 Å². The lowest BCUT2D eigenvalue weighted by Crippen LogP contribution is -2.53. The Labute approximate surface area is 92.0 Å². The smallest absolute Gasteiger partial charge is 0.237 e. The molecule has 0 aromatic heterocycles. The number of nitrogens with one attached hydrogen (secondary N) is 2. The molecule has 0 radical (unpaired) electrons. The molecule has 3 nitrogen and oxygen atoms in total. The Bertz CT molecular complexity index is 226. The molecule has 0 bridgehead atoms. The van der Waals surface area contributed by atoms with Crippen LogP contribution in [0.5, 0.6) is 0 Å². The molecule has 1 aliphatic carbocycles. The summed E-state index contributed by atoms with van der Waals surface area (Å²) in [6, 6.07) is 0.103. The third-order valence-corrected chi connectivity index (χ3v) is 3.75. The number of carbonyl (C=O) groups is 1. The van der Waals surface area contributed by atoms with E-state index in [0.717, 1.165) is 31.3 Å². The van der Waals surface area contributed by atoms with E-state index in [9.17, 15) is 4.79 Å². The molecule has 3 atom stereocenters. The Hall–Kier alpha value is -0.570. The predicted molar refractivity (Wildman–Crippen MR) is 60.5 cm³/mol. The lowest BCUT2D eigenvalue weighted by Gasteiger charge is -2.30. The zero-order valence-corrected chi connectivity index (χ0v) is 9.59. The Balaban J connectivity index is 1.65. The van der Waals surface area contributed by atoms with Crippen LogP contribution < -0.4 is 10.6 Å². The van der Waals surface area contributed by atoms with Crippen LogP contribution in [0.25, 0.3) is 0 Å². The van der Waals surface area contributed by atoms with Crippen LogP contribution >= 0.6 is 0 Å². The third-order valence-electron chi connectivity index (χ3n) is 3.75. The quantitative estimate of drug-likeness (QED) is 0.737. The number of hydrogen-bond donors (Lipinski definition) is 2. The maximum Gasteiger partial charge on any atom is 0.237 e. The second-order valence-corrected chi connectivity index (χ2v) is 5.18. The fourth-order valence-electron chi connectivity index (χ4n) is 2.63. The summed E-state index contributed by atoms with van der Waals surface area (Å²) < 4.78 is 0. The molecule has 2 unspecified atom stereocenters. The molecule has 2 fully saturated rings. The first kappa shape index (κ1) is 10.9. The van der Waals surface area contributed by atoms with Crippen molar-refractivity contribution in [2.45, 2.75) is 45.1 Å². The number of rotatable bonds is 3. The highest BCUT2D eigenvalue weighted by molar-refractivity contribution is 5.82. The van der Waals surface area contributed by atoms with E-state index in [-0.39, 0.29) is 11.9 Å². The van der Waals surface area contributed by atoms with Crippen molar-refractivity contribution in [2.75, 3.05) is 13.1 Å². The first-order valence-electron chi connectivity index (χ1n) is 6.27. The van der Waals surface area contributed by atoms with Gasteiger partial charge in [-0.25, -0.2) is 0 Å². The molecule has 2 N–H and O–H groups in total. The average Bonchev–Trinajstić information content (AvgIpc) is 2.12. The Morgan fingerprint density at radius 1 is 1.40 bits per heavy atom. The molecular formula is C12H22N2O. The van der Waals surface area contributed by atoms with Crippen LogP contribution in [-0.4, -0.2) is 25.0 Å². The summed E-state index contributed by atoms with van der Waals surface area (Å²) >= 11 is 0. The molecule has 1 heterocycles. The lowest BCUT2D eigenvalue weighted by molar-refractivity contribution is -0.124. The highest BCUT2D eigenvalue weighted by atomic mass is 16.2. The largest absolute Gasteiger partial charge is 0.354 e. The van der Waals surface area contributed by atoms with Crippen molar-refractivity contribution in [3.8, 4) is 0 Å². The van der Waals surface area contributed by atoms with E-state index in [4.69, 9.17) is 0 Å². The van der Waals surface area contributed by atoms with E-state index >= 15 is 0 Å². The summed E-state index contributed by atoms with van der Waals surface area (Å²) in [5, 5.41) is 6.20. The SMILES string of the molecule is CC1CCCC(CNC(=O)[C@H]2CCN2)C1. The molecule has 3 heteroatoms. The molecule has 2 aliphatic rings. The van der Waals surface area contributed by atoms with Crippen LogP contribution in [0.4, 0.5) is 0 Å². The molecule has 1 aliphatic heterocycles. The maximum atomic E-state index is 11.6. The van der Waals surface area contributed by atoms with E-state index in [0.29, 0.717) is 0 Å². The zero-order valence-electron chi connectivity index (χ0n) is 9.59. The first-order valence-corrected chi connectivity index (χ1v) is 6.27. The molecule has 86 valence electrons. The van der Waals surface area contributed by atoms with Crippen molar-refractivity contribution in [2.24, 2.45) is 11.8 Å². The first-order chi connectivity index (χ1) is 7.25. The van der Waals surface area contributed by atoms with E-state index < -0.39 is 0 Å². The molecule has 1 saturated carbocycles. The molecule has 15 heavy (non-hydrogen) atoms. The van der Waals surface area contributed by atoms with Crippen LogP contribution in [0, 0.1) is 11.8 Å². The summed E-state index contributed by atoms with van der Waals surface area (Å²) in [5.74, 6) is 1.78. The van der Waals surface area contributed by atoms with Crippen molar-refractivity contribution < 1.29 is 4.79 Å². The normalized spacial score (nSPS) is 35.7. The summed E-state index contributed by atoms with van der Waals surface area (Å²) in [6.45, 7) is 4.21. The minimum atomic E-state index is 0.103. The minimum Gasteiger partial charge on any atom is -0.354 e. The number of amides is 1. The van der Waals surface area contributed by atoms with Crippen molar-refractivity contribution >= 4 is 5.91 Å². The minimum absolute atomic E-state index is 0.103. The molecule has 2 rings (SSSR count). The van der Waals surface area contributed by atoms with Gasteiger partial charge in [-0.3, -0.25) is 4.79 Å². The monoisotopic (exact) mass is 210 g/mol. The van der Waals surface area contributed by atoms with Gasteiger partial charge in [-0.15, -0.1) is 0 Å². The van der Waals surface area contributed by atoms with Gasteiger partial charge in [0.2, 0.25) is 5.91 Å². The Kier molecular flexibility index (Phi) is 3.62. The number of hydrogen-bond acceptors (Lipinski definition) is 2. The molecular weight excluding hydrogens is 188 g/mol. The topological polar surface area (TPSA) is 41.1 Å². The summed E-state index contributed by atoms with van der Waals surface area (Å²) in [7, 11) is 0. The summed E-state index contributed by atoms with van der Waals surface area (Å²) in [4.78, 5) is 11.6. The van der Waals surface area contributed by atoms with Gasteiger partial charge < -0.3 is 10.6 Å². The van der Waals surface area contributed by atoms with Gasteiger partial charge in [0.15, 0.2) is 0 Å². The Morgan fingerprint density at radius 3 is 2.80 bits per heavy atom. The van der Waals surface area contributed by atoms with E-state index in [1.54, 1.807) is 0 Å². The van der Waals surface area contributed by atoms with Gasteiger partial charge in [-0.1, -0.05) is 19.8 Å². The van der Waals surface area contributed by atoms with Gasteiger partial charge in [-0.05, 0) is 37.6 Å². The highest BCUT2D eigenvalue weighted by Gasteiger charge is 2.25. The second-order valence-electron chi connectivity index (χ2n) is 5.18. The van der Waals surface area contributed by atoms with Crippen LogP contribution in [0.1, 0.15) is 39.0 Å². The fraction of sp³-hybridized carbons (Fsp3) is 0.917. The fourth-order valence-corrected chi connectivity index (χ4v) is 2.63. The van der Waals surface area contributed by atoms with Gasteiger partial charge in [-0.2, -0.15) is 0 Å². The van der Waals surface area contributed by atoms with E-state index in [2.05, 4.69) is 17.6 Å². The second kappa shape index (κ2) is 4.97. The molecule has 1 saturated heterocycles. The van der Waals surface area contributed by atoms with Crippen LogP contribution in [0.15, 0.2) is 0 Å². The maximum absolute atomic E-state index is 11.6. The van der Waals surface area contributed by atoms with E-state index in [1.807, 2.05) is 0 Å². The van der Waals surface area contributed by atoms with Gasteiger partial charge >= 0.3 is 0 Å². The van der Waals surface area contributed by atoms with Crippen molar-refractivity contribution in [3.63, 3.8) is 0 Å². The van der Waals surface area contributed by atoms with E-state index in [1.165, 1.54) is 25.7 Å².